The van der Waals surface area contributed by atoms with Gasteiger partial charge >= 0.3 is 5.97 Å². The van der Waals surface area contributed by atoms with Crippen LogP contribution in [0.1, 0.15) is 66.1 Å². The molecule has 35 heavy (non-hydrogen) atoms. The molecule has 4 rings (SSSR count). The molecule has 1 fully saturated rings. The highest BCUT2D eigenvalue weighted by Crippen LogP contribution is 2.48. The van der Waals surface area contributed by atoms with Gasteiger partial charge in [0.25, 0.3) is 5.91 Å². The van der Waals surface area contributed by atoms with E-state index in [9.17, 15) is 18.0 Å². The average molecular weight is 539 g/mol. The number of amides is 1. The topological polar surface area (TPSA) is 92.8 Å². The molecule has 0 unspecified atom stereocenters. The molecule has 1 aliphatic heterocycles. The number of hydrogen-bond donors (Lipinski definition) is 1. The summed E-state index contributed by atoms with van der Waals surface area (Å²) in [5.41, 5.74) is 1.52. The van der Waals surface area contributed by atoms with Crippen molar-refractivity contribution in [2.24, 2.45) is 0 Å². The lowest BCUT2D eigenvalue weighted by Crippen LogP contribution is -2.58. The van der Waals surface area contributed by atoms with Crippen LogP contribution in [-0.2, 0) is 19.6 Å². The molecule has 0 spiro atoms. The molecule has 1 saturated carbocycles. The highest BCUT2D eigenvalue weighted by atomic mass is 35.5. The quantitative estimate of drug-likeness (QED) is 0.538. The Morgan fingerprint density at radius 3 is 2.51 bits per heavy atom. The van der Waals surface area contributed by atoms with Gasteiger partial charge in [0.2, 0.25) is 10.0 Å². The minimum absolute atomic E-state index is 0.175. The zero-order valence-corrected chi connectivity index (χ0v) is 21.9. The second-order valence-corrected chi connectivity index (χ2v) is 11.6. The van der Waals surface area contributed by atoms with Gasteiger partial charge in [-0.25, -0.2) is 13.1 Å². The van der Waals surface area contributed by atoms with Gasteiger partial charge in [-0.3, -0.25) is 9.59 Å². The minimum atomic E-state index is -3.53. The van der Waals surface area contributed by atoms with Crippen LogP contribution in [0.3, 0.4) is 0 Å². The molecule has 1 heterocycles. The van der Waals surface area contributed by atoms with Crippen LogP contribution < -0.4 is 4.72 Å². The van der Waals surface area contributed by atoms with Gasteiger partial charge in [0, 0.05) is 27.7 Å². The number of carbonyl (C=O) groups excluding carboxylic acids is 2. The molecule has 188 valence electrons. The van der Waals surface area contributed by atoms with E-state index in [1.54, 1.807) is 54.3 Å². The highest BCUT2D eigenvalue weighted by Gasteiger charge is 2.49. The number of ether oxygens (including phenoxy) is 1. The van der Waals surface area contributed by atoms with Gasteiger partial charge in [0.05, 0.1) is 18.9 Å². The van der Waals surface area contributed by atoms with E-state index in [0.29, 0.717) is 39.6 Å². The fourth-order valence-corrected chi connectivity index (χ4v) is 6.68. The molecule has 7 nitrogen and oxygen atoms in total. The smallest absolute Gasteiger partial charge is 0.315 e. The number of esters is 1. The monoisotopic (exact) mass is 538 g/mol. The van der Waals surface area contributed by atoms with Gasteiger partial charge in [0.1, 0.15) is 5.92 Å². The summed E-state index contributed by atoms with van der Waals surface area (Å²) in [5.74, 6) is -1.59. The number of nitrogens with zero attached hydrogens (tertiary/aromatic N) is 1. The molecule has 0 radical (unpaired) electrons. The molecule has 0 bridgehead atoms. The SMILES string of the molecule is CCOC(=O)[C@@H]1c2ccccc2C(=O)N([C@@H]2CCCC[C@H]2NS(C)(=O)=O)[C@H]1c1ccc(Cl)cc1Cl. The lowest BCUT2D eigenvalue weighted by Gasteiger charge is -2.49. The second-order valence-electron chi connectivity index (χ2n) is 8.99. The Labute approximate surface area is 215 Å². The molecule has 1 N–H and O–H groups in total. The number of halogens is 2. The number of nitrogens with one attached hydrogen (secondary N) is 1. The fraction of sp³-hybridized carbons (Fsp3) is 0.440. The predicted octanol–water partition coefficient (Wildman–Crippen LogP) is 4.70. The third kappa shape index (κ3) is 5.35. The first-order valence-electron chi connectivity index (χ1n) is 11.6. The summed E-state index contributed by atoms with van der Waals surface area (Å²) in [4.78, 5) is 29.1. The van der Waals surface area contributed by atoms with Gasteiger partial charge in [-0.15, -0.1) is 0 Å². The first kappa shape index (κ1) is 25.9. The van der Waals surface area contributed by atoms with Crippen LogP contribution in [0.25, 0.3) is 0 Å². The Bertz CT molecular complexity index is 1240. The Balaban J connectivity index is 1.94. The summed E-state index contributed by atoms with van der Waals surface area (Å²) in [7, 11) is -3.53. The molecule has 1 aliphatic carbocycles. The van der Waals surface area contributed by atoms with Crippen molar-refractivity contribution in [3.05, 3.63) is 69.2 Å². The van der Waals surface area contributed by atoms with Crippen LogP contribution in [0, 0.1) is 0 Å². The maximum atomic E-state index is 14.0. The van der Waals surface area contributed by atoms with Crippen LogP contribution in [0.15, 0.2) is 42.5 Å². The van der Waals surface area contributed by atoms with Crippen molar-refractivity contribution in [2.45, 2.75) is 56.7 Å². The third-order valence-corrected chi connectivity index (χ3v) is 7.94. The Kier molecular flexibility index (Phi) is 7.76. The standard InChI is InChI=1S/C25H28Cl2N2O5S/c1-3-34-25(31)22-16-8-4-5-9-17(16)24(30)29(23(22)18-13-12-15(26)14-19(18)27)21-11-7-6-10-20(21)28-35(2,32)33/h4-5,8-9,12-14,20-23,28H,3,6-7,10-11H2,1-2H3/t20-,21-,22-,23+/m1/s1. The zero-order chi connectivity index (χ0) is 25.3. The highest BCUT2D eigenvalue weighted by molar-refractivity contribution is 7.88. The summed E-state index contributed by atoms with van der Waals surface area (Å²) in [6.07, 6.45) is 3.92. The largest absolute Gasteiger partial charge is 0.465 e. The van der Waals surface area contributed by atoms with E-state index < -0.39 is 40.0 Å². The van der Waals surface area contributed by atoms with Crippen molar-refractivity contribution in [1.82, 2.24) is 9.62 Å². The van der Waals surface area contributed by atoms with Crippen LogP contribution in [0.2, 0.25) is 10.0 Å². The molecule has 2 aliphatic rings. The first-order valence-corrected chi connectivity index (χ1v) is 14.3. The molecule has 0 aromatic heterocycles. The number of hydrogen-bond acceptors (Lipinski definition) is 5. The maximum Gasteiger partial charge on any atom is 0.315 e. The summed E-state index contributed by atoms with van der Waals surface area (Å²) in [5, 5.41) is 0.743. The number of fused-ring (bicyclic) bond motifs is 1. The Morgan fingerprint density at radius 1 is 1.11 bits per heavy atom. The maximum absolute atomic E-state index is 14.0. The van der Waals surface area contributed by atoms with E-state index in [2.05, 4.69) is 4.72 Å². The van der Waals surface area contributed by atoms with Gasteiger partial charge in [-0.1, -0.05) is 60.3 Å². The van der Waals surface area contributed by atoms with Gasteiger partial charge in [0.15, 0.2) is 0 Å². The van der Waals surface area contributed by atoms with E-state index in [0.717, 1.165) is 19.1 Å². The van der Waals surface area contributed by atoms with E-state index in [1.807, 2.05) is 0 Å². The molecule has 4 atom stereocenters. The van der Waals surface area contributed by atoms with Crippen molar-refractivity contribution in [3.63, 3.8) is 0 Å². The van der Waals surface area contributed by atoms with Crippen molar-refractivity contribution in [2.75, 3.05) is 12.9 Å². The number of sulfonamides is 1. The summed E-state index contributed by atoms with van der Waals surface area (Å²) in [6, 6.07) is 10.2. The Morgan fingerprint density at radius 2 is 1.83 bits per heavy atom. The van der Waals surface area contributed by atoms with Crippen LogP contribution >= 0.6 is 23.2 Å². The number of carbonyl (C=O) groups is 2. The molecule has 2 aromatic carbocycles. The molecular formula is C25H28Cl2N2O5S. The number of benzene rings is 2. The van der Waals surface area contributed by atoms with Crippen LogP contribution in [-0.4, -0.2) is 50.1 Å². The van der Waals surface area contributed by atoms with E-state index in [-0.39, 0.29) is 12.5 Å². The molecule has 1 amide bonds. The van der Waals surface area contributed by atoms with E-state index >= 15 is 0 Å². The summed E-state index contributed by atoms with van der Waals surface area (Å²) in [6.45, 7) is 1.90. The molecule has 0 saturated heterocycles. The van der Waals surface area contributed by atoms with Crippen molar-refractivity contribution in [3.8, 4) is 0 Å². The van der Waals surface area contributed by atoms with Crippen LogP contribution in [0.5, 0.6) is 0 Å². The van der Waals surface area contributed by atoms with E-state index in [1.165, 1.54) is 0 Å². The lowest BCUT2D eigenvalue weighted by atomic mass is 9.77. The predicted molar refractivity (Wildman–Crippen MR) is 135 cm³/mol. The third-order valence-electron chi connectivity index (χ3n) is 6.65. The normalized spacial score (nSPS) is 24.7. The van der Waals surface area contributed by atoms with Gasteiger partial charge in [-0.05, 0) is 49.1 Å². The zero-order valence-electron chi connectivity index (χ0n) is 19.5. The van der Waals surface area contributed by atoms with Gasteiger partial charge in [-0.2, -0.15) is 0 Å². The van der Waals surface area contributed by atoms with Crippen molar-refractivity contribution in [1.29, 1.82) is 0 Å². The number of rotatable bonds is 6. The fourth-order valence-electron chi connectivity index (χ4n) is 5.33. The van der Waals surface area contributed by atoms with Crippen LogP contribution in [0.4, 0.5) is 0 Å². The first-order chi connectivity index (χ1) is 16.6. The second kappa shape index (κ2) is 10.5. The Hall–Kier alpha value is -2.13. The van der Waals surface area contributed by atoms with Crippen molar-refractivity contribution >= 4 is 45.1 Å². The molecular weight excluding hydrogens is 511 g/mol. The summed E-state index contributed by atoms with van der Waals surface area (Å²) >= 11 is 12.8. The molecule has 10 heteroatoms. The van der Waals surface area contributed by atoms with Crippen molar-refractivity contribution < 1.29 is 22.7 Å². The average Bonchev–Trinajstić information content (AvgIpc) is 2.79. The molecule has 2 aromatic rings. The minimum Gasteiger partial charge on any atom is -0.465 e. The van der Waals surface area contributed by atoms with Gasteiger partial charge < -0.3 is 9.64 Å². The summed E-state index contributed by atoms with van der Waals surface area (Å²) < 4.78 is 32.6. The lowest BCUT2D eigenvalue weighted by molar-refractivity contribution is -0.147. The van der Waals surface area contributed by atoms with E-state index in [4.69, 9.17) is 27.9 Å².